The SMILES string of the molecule is O=C(O)[C@H]1CCCCN1C(=O)c1ccc(-c2ccccc2)c(-c2ccccc2)n1. The smallest absolute Gasteiger partial charge is 0.326 e. The Hall–Kier alpha value is -3.47. The van der Waals surface area contributed by atoms with Crippen LogP contribution in [-0.4, -0.2) is 39.5 Å². The molecule has 5 nitrogen and oxygen atoms in total. The Morgan fingerprint density at radius 2 is 1.52 bits per heavy atom. The lowest BCUT2D eigenvalue weighted by Gasteiger charge is -2.32. The second-order valence-corrected chi connectivity index (χ2v) is 7.17. The molecule has 1 aliphatic heterocycles. The van der Waals surface area contributed by atoms with E-state index in [1.807, 2.05) is 66.7 Å². The number of likely N-dealkylation sites (tertiary alicyclic amines) is 1. The fraction of sp³-hybridized carbons (Fsp3) is 0.208. The van der Waals surface area contributed by atoms with E-state index in [1.165, 1.54) is 4.90 Å². The van der Waals surface area contributed by atoms with Crippen molar-refractivity contribution < 1.29 is 14.7 Å². The Morgan fingerprint density at radius 3 is 2.17 bits per heavy atom. The van der Waals surface area contributed by atoms with Gasteiger partial charge in [-0.15, -0.1) is 0 Å². The van der Waals surface area contributed by atoms with Crippen LogP contribution in [0.2, 0.25) is 0 Å². The summed E-state index contributed by atoms with van der Waals surface area (Å²) < 4.78 is 0. The van der Waals surface area contributed by atoms with Gasteiger partial charge in [0, 0.05) is 17.7 Å². The molecule has 1 fully saturated rings. The Balaban J connectivity index is 1.78. The number of aromatic nitrogens is 1. The van der Waals surface area contributed by atoms with E-state index < -0.39 is 12.0 Å². The van der Waals surface area contributed by atoms with Crippen LogP contribution in [0.3, 0.4) is 0 Å². The number of rotatable bonds is 4. The molecular weight excluding hydrogens is 364 g/mol. The number of hydrogen-bond donors (Lipinski definition) is 1. The van der Waals surface area contributed by atoms with Gasteiger partial charge in [-0.25, -0.2) is 9.78 Å². The number of benzene rings is 2. The summed E-state index contributed by atoms with van der Waals surface area (Å²) in [5.74, 6) is -1.28. The minimum Gasteiger partial charge on any atom is -0.480 e. The summed E-state index contributed by atoms with van der Waals surface area (Å²) in [6, 6.07) is 22.5. The number of carboxylic acid groups (broad SMARTS) is 1. The van der Waals surface area contributed by atoms with Crippen LogP contribution in [0, 0.1) is 0 Å². The van der Waals surface area contributed by atoms with Crippen molar-refractivity contribution >= 4 is 11.9 Å². The van der Waals surface area contributed by atoms with Gasteiger partial charge in [-0.05, 0) is 37.0 Å². The van der Waals surface area contributed by atoms with Crippen molar-refractivity contribution in [2.75, 3.05) is 6.54 Å². The van der Waals surface area contributed by atoms with Crippen molar-refractivity contribution in [1.82, 2.24) is 9.88 Å². The van der Waals surface area contributed by atoms with Crippen LogP contribution in [-0.2, 0) is 4.79 Å². The van der Waals surface area contributed by atoms with E-state index in [4.69, 9.17) is 4.98 Å². The van der Waals surface area contributed by atoms with Crippen LogP contribution in [0.25, 0.3) is 22.4 Å². The highest BCUT2D eigenvalue weighted by atomic mass is 16.4. The van der Waals surface area contributed by atoms with Gasteiger partial charge in [0.05, 0.1) is 5.69 Å². The van der Waals surface area contributed by atoms with Crippen LogP contribution >= 0.6 is 0 Å². The van der Waals surface area contributed by atoms with E-state index in [0.717, 1.165) is 29.5 Å². The molecule has 0 radical (unpaired) electrons. The highest BCUT2D eigenvalue weighted by Gasteiger charge is 2.33. The zero-order chi connectivity index (χ0) is 20.2. The van der Waals surface area contributed by atoms with Gasteiger partial charge in [0.25, 0.3) is 5.91 Å². The van der Waals surface area contributed by atoms with Gasteiger partial charge in [0.15, 0.2) is 0 Å². The Kier molecular flexibility index (Phi) is 5.38. The van der Waals surface area contributed by atoms with Crippen LogP contribution < -0.4 is 0 Å². The summed E-state index contributed by atoms with van der Waals surface area (Å²) in [5, 5.41) is 9.52. The van der Waals surface area contributed by atoms with Crippen molar-refractivity contribution in [2.45, 2.75) is 25.3 Å². The minimum absolute atomic E-state index is 0.275. The third-order valence-corrected chi connectivity index (χ3v) is 5.30. The molecular formula is C24H22N2O3. The van der Waals surface area contributed by atoms with Crippen molar-refractivity contribution in [2.24, 2.45) is 0 Å². The third kappa shape index (κ3) is 3.90. The van der Waals surface area contributed by atoms with E-state index in [0.29, 0.717) is 18.7 Å². The van der Waals surface area contributed by atoms with Crippen LogP contribution in [0.5, 0.6) is 0 Å². The first kappa shape index (κ1) is 18.9. The predicted molar refractivity (Wildman–Crippen MR) is 111 cm³/mol. The predicted octanol–water partition coefficient (Wildman–Crippen LogP) is 4.49. The second kappa shape index (κ2) is 8.27. The summed E-state index contributed by atoms with van der Waals surface area (Å²) in [6.07, 6.45) is 2.11. The standard InChI is InChI=1S/C24H22N2O3/c27-23(26-16-8-7-13-21(26)24(28)29)20-15-14-19(17-9-3-1-4-10-17)22(25-20)18-11-5-2-6-12-18/h1-6,9-12,14-15,21H,7-8,13,16H2,(H,28,29)/t21-/m1/s1. The summed E-state index contributed by atoms with van der Waals surface area (Å²) in [5.41, 5.74) is 3.85. The first-order valence-corrected chi connectivity index (χ1v) is 9.81. The Labute approximate surface area is 169 Å². The number of amides is 1. The Bertz CT molecular complexity index is 1020. The molecule has 4 rings (SSSR count). The molecule has 146 valence electrons. The van der Waals surface area contributed by atoms with Gasteiger partial charge in [-0.1, -0.05) is 60.7 Å². The molecule has 0 aliphatic carbocycles. The van der Waals surface area contributed by atoms with Crippen molar-refractivity contribution in [3.05, 3.63) is 78.5 Å². The van der Waals surface area contributed by atoms with Gasteiger partial charge >= 0.3 is 5.97 Å². The zero-order valence-electron chi connectivity index (χ0n) is 16.0. The highest BCUT2D eigenvalue weighted by molar-refractivity contribution is 5.96. The van der Waals surface area contributed by atoms with Crippen LogP contribution in [0.4, 0.5) is 0 Å². The second-order valence-electron chi connectivity index (χ2n) is 7.17. The van der Waals surface area contributed by atoms with Gasteiger partial charge in [0.2, 0.25) is 0 Å². The molecule has 1 saturated heterocycles. The summed E-state index contributed by atoms with van der Waals surface area (Å²) in [6.45, 7) is 0.443. The van der Waals surface area contributed by atoms with Crippen molar-refractivity contribution in [3.8, 4) is 22.4 Å². The third-order valence-electron chi connectivity index (χ3n) is 5.30. The van der Waals surface area contributed by atoms with E-state index in [1.54, 1.807) is 6.07 Å². The van der Waals surface area contributed by atoms with Gasteiger partial charge in [-0.3, -0.25) is 4.79 Å². The summed E-state index contributed by atoms with van der Waals surface area (Å²) in [4.78, 5) is 30.9. The number of pyridine rings is 1. The van der Waals surface area contributed by atoms with E-state index in [2.05, 4.69) is 0 Å². The monoisotopic (exact) mass is 386 g/mol. The zero-order valence-corrected chi connectivity index (χ0v) is 16.0. The fourth-order valence-electron chi connectivity index (χ4n) is 3.82. The highest BCUT2D eigenvalue weighted by Crippen LogP contribution is 2.31. The number of nitrogens with zero attached hydrogens (tertiary/aromatic N) is 2. The molecule has 2 heterocycles. The lowest BCUT2D eigenvalue weighted by atomic mass is 9.98. The van der Waals surface area contributed by atoms with Gasteiger partial charge in [0.1, 0.15) is 11.7 Å². The molecule has 5 heteroatoms. The summed E-state index contributed by atoms with van der Waals surface area (Å²) in [7, 11) is 0. The van der Waals surface area contributed by atoms with Crippen LogP contribution in [0.15, 0.2) is 72.8 Å². The van der Waals surface area contributed by atoms with Crippen molar-refractivity contribution in [1.29, 1.82) is 0 Å². The Morgan fingerprint density at radius 1 is 0.862 bits per heavy atom. The molecule has 0 unspecified atom stereocenters. The maximum atomic E-state index is 13.1. The van der Waals surface area contributed by atoms with E-state index in [-0.39, 0.29) is 11.6 Å². The molecule has 1 atom stereocenters. The molecule has 0 spiro atoms. The average molecular weight is 386 g/mol. The molecule has 0 saturated carbocycles. The quantitative estimate of drug-likeness (QED) is 0.717. The molecule has 1 N–H and O–H groups in total. The number of piperidine rings is 1. The maximum absolute atomic E-state index is 13.1. The topological polar surface area (TPSA) is 70.5 Å². The van der Waals surface area contributed by atoms with Crippen LogP contribution in [0.1, 0.15) is 29.8 Å². The molecule has 1 amide bonds. The normalized spacial score (nSPS) is 16.4. The summed E-state index contributed by atoms with van der Waals surface area (Å²) >= 11 is 0. The maximum Gasteiger partial charge on any atom is 0.326 e. The lowest BCUT2D eigenvalue weighted by molar-refractivity contribution is -0.143. The number of carbonyl (C=O) groups is 2. The molecule has 0 bridgehead atoms. The molecule has 1 aliphatic rings. The van der Waals surface area contributed by atoms with E-state index >= 15 is 0 Å². The molecule has 29 heavy (non-hydrogen) atoms. The number of hydrogen-bond acceptors (Lipinski definition) is 3. The molecule has 3 aromatic rings. The van der Waals surface area contributed by atoms with Gasteiger partial charge < -0.3 is 10.0 Å². The molecule has 2 aromatic carbocycles. The number of carboxylic acids is 1. The lowest BCUT2D eigenvalue weighted by Crippen LogP contribution is -2.48. The largest absolute Gasteiger partial charge is 0.480 e. The van der Waals surface area contributed by atoms with Crippen molar-refractivity contribution in [3.63, 3.8) is 0 Å². The minimum atomic E-state index is -0.956. The number of aliphatic carboxylic acids is 1. The van der Waals surface area contributed by atoms with E-state index in [9.17, 15) is 14.7 Å². The first-order valence-electron chi connectivity index (χ1n) is 9.81. The number of carbonyl (C=O) groups excluding carboxylic acids is 1. The molecule has 1 aromatic heterocycles. The fourth-order valence-corrected chi connectivity index (χ4v) is 3.82. The first-order chi connectivity index (χ1) is 14.1. The average Bonchev–Trinajstić information content (AvgIpc) is 2.79. The van der Waals surface area contributed by atoms with Gasteiger partial charge in [-0.2, -0.15) is 0 Å².